The third-order valence-corrected chi connectivity index (χ3v) is 3.11. The summed E-state index contributed by atoms with van der Waals surface area (Å²) in [5.74, 6) is -0.896. The first-order chi connectivity index (χ1) is 11.0. The number of rotatable bonds is 5. The zero-order chi connectivity index (χ0) is 16.8. The van der Waals surface area contributed by atoms with Crippen molar-refractivity contribution in [2.45, 2.75) is 0 Å². The average molecular weight is 308 g/mol. The molecule has 1 amide bonds. The molecule has 0 aromatic heterocycles. The predicted octanol–water partition coefficient (Wildman–Crippen LogP) is 3.45. The number of carbonyl (C=O) groups excluding carboxylic acids is 1. The third-order valence-electron chi connectivity index (χ3n) is 3.11. The van der Waals surface area contributed by atoms with E-state index in [0.717, 1.165) is 10.8 Å². The molecule has 0 radical (unpaired) electrons. The normalized spacial score (nSPS) is 11.6. The van der Waals surface area contributed by atoms with E-state index in [1.165, 1.54) is 24.4 Å². The smallest absolute Gasteiger partial charge is 0.275 e. The molecule has 2 aromatic carbocycles. The van der Waals surface area contributed by atoms with Gasteiger partial charge in [-0.3, -0.25) is 4.79 Å². The highest BCUT2D eigenvalue weighted by Crippen LogP contribution is 2.24. The number of carbonyl (C=O) groups is 1. The number of amides is 1. The molecule has 0 bridgehead atoms. The fraction of sp³-hybridized carbons (Fsp3) is 0. The monoisotopic (exact) mass is 308 g/mol. The van der Waals surface area contributed by atoms with Crippen LogP contribution in [0.2, 0.25) is 0 Å². The second kappa shape index (κ2) is 7.09. The van der Waals surface area contributed by atoms with Gasteiger partial charge in [0.1, 0.15) is 11.5 Å². The summed E-state index contributed by atoms with van der Waals surface area (Å²) in [6.45, 7) is 6.88. The minimum atomic E-state index is -0.564. The van der Waals surface area contributed by atoms with Crippen LogP contribution in [0.4, 0.5) is 0 Å². The van der Waals surface area contributed by atoms with Crippen LogP contribution in [-0.2, 0) is 0 Å². The minimum Gasteiger partial charge on any atom is -0.508 e. The van der Waals surface area contributed by atoms with Crippen LogP contribution in [0, 0.1) is 0 Å². The minimum absolute atomic E-state index is 0.109. The van der Waals surface area contributed by atoms with E-state index in [1.807, 2.05) is 24.3 Å². The summed E-state index contributed by atoms with van der Waals surface area (Å²) < 4.78 is 0. The summed E-state index contributed by atoms with van der Waals surface area (Å²) >= 11 is 0. The van der Waals surface area contributed by atoms with Crippen LogP contribution in [-0.4, -0.2) is 22.3 Å². The number of nitrogens with one attached hydrogen (secondary N) is 1. The van der Waals surface area contributed by atoms with Gasteiger partial charge in [0.25, 0.3) is 5.91 Å². The molecular formula is C18H16N2O3. The molecule has 0 aliphatic rings. The maximum absolute atomic E-state index is 12.1. The maximum Gasteiger partial charge on any atom is 0.275 e. The first-order valence-corrected chi connectivity index (χ1v) is 6.79. The van der Waals surface area contributed by atoms with Gasteiger partial charge in [-0.15, -0.1) is 0 Å². The molecule has 3 N–H and O–H groups in total. The molecule has 0 fully saturated rings. The summed E-state index contributed by atoms with van der Waals surface area (Å²) in [4.78, 5) is 12.1. The van der Waals surface area contributed by atoms with Gasteiger partial charge in [0, 0.05) is 5.57 Å². The number of allylic oxidation sites excluding steroid dienone is 3. The number of hydrogen-bond acceptors (Lipinski definition) is 4. The van der Waals surface area contributed by atoms with Gasteiger partial charge in [-0.1, -0.05) is 49.6 Å². The lowest BCUT2D eigenvalue weighted by molar-refractivity contribution is 0.0952. The molecule has 0 spiro atoms. The Kier molecular flexibility index (Phi) is 4.94. The average Bonchev–Trinajstić information content (AvgIpc) is 2.53. The summed E-state index contributed by atoms with van der Waals surface area (Å²) in [6.07, 6.45) is 4.19. The highest BCUT2D eigenvalue weighted by molar-refractivity contribution is 6.01. The Morgan fingerprint density at radius 3 is 2.48 bits per heavy atom. The number of aromatic hydroxyl groups is 1. The van der Waals surface area contributed by atoms with E-state index in [4.69, 9.17) is 0 Å². The molecule has 0 heterocycles. The van der Waals surface area contributed by atoms with Gasteiger partial charge in [0.2, 0.25) is 0 Å². The van der Waals surface area contributed by atoms with Crippen molar-refractivity contribution in [1.82, 2.24) is 5.43 Å². The van der Waals surface area contributed by atoms with Crippen molar-refractivity contribution < 1.29 is 15.0 Å². The highest BCUT2D eigenvalue weighted by Gasteiger charge is 2.11. The van der Waals surface area contributed by atoms with Gasteiger partial charge in [-0.05, 0) is 22.9 Å². The van der Waals surface area contributed by atoms with E-state index in [-0.39, 0.29) is 17.1 Å². The molecule has 0 aliphatic carbocycles. The van der Waals surface area contributed by atoms with Gasteiger partial charge in [0.15, 0.2) is 0 Å². The number of nitrogens with zero attached hydrogens (tertiary/aromatic N) is 1. The van der Waals surface area contributed by atoms with E-state index in [9.17, 15) is 15.0 Å². The molecular weight excluding hydrogens is 292 g/mol. The number of benzene rings is 2. The molecule has 5 nitrogen and oxygen atoms in total. The van der Waals surface area contributed by atoms with Crippen molar-refractivity contribution >= 4 is 22.9 Å². The summed E-state index contributed by atoms with van der Waals surface area (Å²) in [5, 5.41) is 24.7. The van der Waals surface area contributed by atoms with Gasteiger partial charge in [0.05, 0.1) is 11.8 Å². The Morgan fingerprint density at radius 1 is 1.22 bits per heavy atom. The first kappa shape index (κ1) is 16.0. The molecule has 0 unspecified atom stereocenters. The van der Waals surface area contributed by atoms with Crippen LogP contribution in [0.3, 0.4) is 0 Å². The van der Waals surface area contributed by atoms with Crippen molar-refractivity contribution in [1.29, 1.82) is 0 Å². The van der Waals surface area contributed by atoms with Gasteiger partial charge in [-0.2, -0.15) is 5.10 Å². The molecule has 23 heavy (non-hydrogen) atoms. The van der Waals surface area contributed by atoms with E-state index in [2.05, 4.69) is 23.7 Å². The van der Waals surface area contributed by atoms with Crippen molar-refractivity contribution in [3.8, 4) is 5.75 Å². The number of fused-ring (bicyclic) bond motifs is 1. The second-order valence-corrected chi connectivity index (χ2v) is 4.72. The number of aliphatic hydroxyl groups excluding tert-OH is 1. The molecule has 2 rings (SSSR count). The zero-order valence-corrected chi connectivity index (χ0v) is 12.4. The maximum atomic E-state index is 12.1. The van der Waals surface area contributed by atoms with E-state index in [1.54, 1.807) is 6.07 Å². The second-order valence-electron chi connectivity index (χ2n) is 4.72. The van der Waals surface area contributed by atoms with Crippen LogP contribution < -0.4 is 5.43 Å². The predicted molar refractivity (Wildman–Crippen MR) is 91.6 cm³/mol. The van der Waals surface area contributed by atoms with Crippen molar-refractivity contribution in [2.75, 3.05) is 0 Å². The van der Waals surface area contributed by atoms with Crippen LogP contribution in [0.25, 0.3) is 10.8 Å². The Labute approximate surface area is 133 Å². The largest absolute Gasteiger partial charge is 0.508 e. The molecule has 0 saturated carbocycles. The first-order valence-electron chi connectivity index (χ1n) is 6.79. The Hall–Kier alpha value is -3.34. The van der Waals surface area contributed by atoms with E-state index < -0.39 is 5.91 Å². The van der Waals surface area contributed by atoms with Gasteiger partial charge < -0.3 is 10.2 Å². The van der Waals surface area contributed by atoms with Crippen LogP contribution in [0.15, 0.2) is 78.1 Å². The molecule has 2 aromatic rings. The number of hydrogen-bond donors (Lipinski definition) is 3. The fourth-order valence-electron chi connectivity index (χ4n) is 1.97. The fourth-order valence-corrected chi connectivity index (χ4v) is 1.97. The van der Waals surface area contributed by atoms with Crippen LogP contribution in [0.1, 0.15) is 10.4 Å². The summed E-state index contributed by atoms with van der Waals surface area (Å²) in [6, 6.07) is 10.5. The number of aliphatic hydroxyl groups is 1. The highest BCUT2D eigenvalue weighted by atomic mass is 16.3. The van der Waals surface area contributed by atoms with Crippen molar-refractivity contribution in [3.05, 3.63) is 78.6 Å². The molecule has 116 valence electrons. The standard InChI is InChI=1S/C18H16N2O3/c1-3-6-15(12(2)21)11-19-20-18(23)16-9-13-7-4-5-8-14(13)10-17(16)22/h3-11,21-22H,1-2H2,(H,20,23)/b15-6-,19-11+. The van der Waals surface area contributed by atoms with E-state index in [0.29, 0.717) is 5.57 Å². The van der Waals surface area contributed by atoms with Gasteiger partial charge >= 0.3 is 0 Å². The number of phenolic OH excluding ortho intramolecular Hbond substituents is 1. The van der Waals surface area contributed by atoms with Crippen molar-refractivity contribution in [3.63, 3.8) is 0 Å². The lowest BCUT2D eigenvalue weighted by Crippen LogP contribution is -2.18. The number of hydrazone groups is 1. The van der Waals surface area contributed by atoms with Gasteiger partial charge in [-0.25, -0.2) is 5.43 Å². The molecule has 0 aliphatic heterocycles. The zero-order valence-electron chi connectivity index (χ0n) is 12.4. The lowest BCUT2D eigenvalue weighted by atomic mass is 10.1. The Morgan fingerprint density at radius 2 is 1.87 bits per heavy atom. The topological polar surface area (TPSA) is 81.9 Å². The lowest BCUT2D eigenvalue weighted by Gasteiger charge is -2.06. The molecule has 0 saturated heterocycles. The van der Waals surface area contributed by atoms with Crippen LogP contribution in [0.5, 0.6) is 5.75 Å². The molecule has 5 heteroatoms. The number of phenols is 1. The SMILES string of the molecule is C=C/C=C(/C=N/NC(=O)c1cc2ccccc2cc1O)C(=C)O. The Balaban J connectivity index is 2.21. The van der Waals surface area contributed by atoms with E-state index >= 15 is 0 Å². The Bertz CT molecular complexity index is 835. The summed E-state index contributed by atoms with van der Waals surface area (Å²) in [7, 11) is 0. The quantitative estimate of drug-likeness (QED) is 0.342. The third kappa shape index (κ3) is 3.85. The van der Waals surface area contributed by atoms with Crippen molar-refractivity contribution in [2.24, 2.45) is 5.10 Å². The van der Waals surface area contributed by atoms with Crippen LogP contribution >= 0.6 is 0 Å². The molecule has 0 atom stereocenters. The summed E-state index contributed by atoms with van der Waals surface area (Å²) in [5.41, 5.74) is 2.71.